The lowest BCUT2D eigenvalue weighted by Crippen LogP contribution is -2.09. The summed E-state index contributed by atoms with van der Waals surface area (Å²) < 4.78 is 43.3. The van der Waals surface area contributed by atoms with Crippen LogP contribution >= 0.6 is 0 Å². The molecule has 0 unspecified atom stereocenters. The predicted octanol–water partition coefficient (Wildman–Crippen LogP) is 4.95. The van der Waals surface area contributed by atoms with Crippen LogP contribution in [0.4, 0.5) is 13.2 Å². The maximum absolute atomic E-state index is 12.8. The van der Waals surface area contributed by atoms with Gasteiger partial charge < -0.3 is 4.42 Å². The van der Waals surface area contributed by atoms with Crippen LogP contribution in [-0.2, 0) is 12.6 Å². The van der Waals surface area contributed by atoms with E-state index in [-0.39, 0.29) is 16.9 Å². The van der Waals surface area contributed by atoms with Crippen molar-refractivity contribution in [1.82, 2.24) is 4.98 Å². The van der Waals surface area contributed by atoms with Gasteiger partial charge in [0.05, 0.1) is 0 Å². The molecule has 108 valence electrons. The topological polar surface area (TPSA) is 26.0 Å². The highest BCUT2D eigenvalue weighted by atomic mass is 19.4. The Labute approximate surface area is 115 Å². The molecule has 1 heterocycles. The van der Waals surface area contributed by atoms with Crippen LogP contribution in [0.5, 0.6) is 0 Å². The van der Waals surface area contributed by atoms with E-state index >= 15 is 0 Å². The number of oxazole rings is 1. The number of halogens is 3. The molecule has 0 saturated heterocycles. The van der Waals surface area contributed by atoms with Gasteiger partial charge in [-0.25, -0.2) is 4.98 Å². The Morgan fingerprint density at radius 1 is 1.05 bits per heavy atom. The van der Waals surface area contributed by atoms with Gasteiger partial charge in [0, 0.05) is 12.0 Å². The number of aromatic nitrogens is 1. The van der Waals surface area contributed by atoms with E-state index in [1.165, 1.54) is 0 Å². The van der Waals surface area contributed by atoms with E-state index < -0.39 is 12.1 Å². The first-order chi connectivity index (χ1) is 9.17. The monoisotopic (exact) mass is 283 g/mol. The summed E-state index contributed by atoms with van der Waals surface area (Å²) in [4.78, 5) is 3.64. The summed E-state index contributed by atoms with van der Waals surface area (Å²) in [5, 5.41) is 0. The van der Waals surface area contributed by atoms with E-state index in [4.69, 9.17) is 4.42 Å². The molecular formula is C15H16F3NO. The summed E-state index contributed by atoms with van der Waals surface area (Å²) in [6.45, 7) is 5.83. The SMILES string of the molecule is CC(C)(C)Cc1oc(C(F)(F)F)nc1-c1ccccc1. The van der Waals surface area contributed by atoms with Gasteiger partial charge in [0.2, 0.25) is 0 Å². The first-order valence-electron chi connectivity index (χ1n) is 6.29. The van der Waals surface area contributed by atoms with Gasteiger partial charge in [-0.15, -0.1) is 0 Å². The highest BCUT2D eigenvalue weighted by Crippen LogP contribution is 2.36. The molecule has 20 heavy (non-hydrogen) atoms. The molecule has 0 spiro atoms. The first kappa shape index (κ1) is 14.6. The lowest BCUT2D eigenvalue weighted by atomic mass is 9.90. The van der Waals surface area contributed by atoms with Crippen molar-refractivity contribution in [2.24, 2.45) is 5.41 Å². The molecule has 0 amide bonds. The molecule has 5 heteroatoms. The Bertz CT molecular complexity index is 579. The molecule has 2 nitrogen and oxygen atoms in total. The molecular weight excluding hydrogens is 267 g/mol. The second kappa shape index (κ2) is 4.96. The highest BCUT2D eigenvalue weighted by molar-refractivity contribution is 5.61. The molecule has 0 aliphatic carbocycles. The average Bonchev–Trinajstić information content (AvgIpc) is 2.71. The maximum atomic E-state index is 12.8. The van der Waals surface area contributed by atoms with Crippen molar-refractivity contribution in [3.63, 3.8) is 0 Å². The second-order valence-electron chi connectivity index (χ2n) is 5.89. The van der Waals surface area contributed by atoms with Crippen molar-refractivity contribution in [2.45, 2.75) is 33.4 Å². The van der Waals surface area contributed by atoms with Gasteiger partial charge in [-0.05, 0) is 5.41 Å². The molecule has 1 aromatic carbocycles. The molecule has 2 rings (SSSR count). The van der Waals surface area contributed by atoms with Crippen molar-refractivity contribution in [3.05, 3.63) is 42.0 Å². The van der Waals surface area contributed by atoms with Crippen molar-refractivity contribution >= 4 is 0 Å². The third-order valence-electron chi connectivity index (χ3n) is 2.68. The predicted molar refractivity (Wildman–Crippen MR) is 70.1 cm³/mol. The smallest absolute Gasteiger partial charge is 0.437 e. The van der Waals surface area contributed by atoms with Crippen molar-refractivity contribution < 1.29 is 17.6 Å². The van der Waals surface area contributed by atoms with Crippen LogP contribution in [-0.4, -0.2) is 4.98 Å². The molecule has 0 saturated carbocycles. The van der Waals surface area contributed by atoms with Crippen LogP contribution in [0.1, 0.15) is 32.4 Å². The molecule has 2 aromatic rings. The van der Waals surface area contributed by atoms with Gasteiger partial charge in [0.15, 0.2) is 0 Å². The van der Waals surface area contributed by atoms with E-state index in [0.29, 0.717) is 12.0 Å². The van der Waals surface area contributed by atoms with Gasteiger partial charge in [0.25, 0.3) is 0 Å². The highest BCUT2D eigenvalue weighted by Gasteiger charge is 2.39. The van der Waals surface area contributed by atoms with Gasteiger partial charge in [-0.1, -0.05) is 51.1 Å². The number of hydrogen-bond acceptors (Lipinski definition) is 2. The van der Waals surface area contributed by atoms with Crippen molar-refractivity contribution in [3.8, 4) is 11.3 Å². The fourth-order valence-electron chi connectivity index (χ4n) is 1.90. The van der Waals surface area contributed by atoms with Crippen LogP contribution in [0.15, 0.2) is 34.7 Å². The molecule has 0 fully saturated rings. The molecule has 0 aliphatic rings. The summed E-state index contributed by atoms with van der Waals surface area (Å²) in [5.41, 5.74) is 0.713. The zero-order chi connectivity index (χ0) is 15.0. The largest absolute Gasteiger partial charge is 0.468 e. The summed E-state index contributed by atoms with van der Waals surface area (Å²) in [6, 6.07) is 8.78. The minimum Gasteiger partial charge on any atom is -0.437 e. The summed E-state index contributed by atoms with van der Waals surface area (Å²) in [6.07, 6.45) is -4.18. The van der Waals surface area contributed by atoms with Gasteiger partial charge in [-0.2, -0.15) is 13.2 Å². The minimum absolute atomic E-state index is 0.189. The molecule has 0 atom stereocenters. The summed E-state index contributed by atoms with van der Waals surface area (Å²) in [7, 11) is 0. The van der Waals surface area contributed by atoms with Gasteiger partial charge in [0.1, 0.15) is 11.5 Å². The Kier molecular flexibility index (Phi) is 3.63. The normalized spacial score (nSPS) is 12.7. The Hall–Kier alpha value is -1.78. The van der Waals surface area contributed by atoms with Crippen LogP contribution in [0.2, 0.25) is 0 Å². The van der Waals surface area contributed by atoms with Crippen LogP contribution in [0.25, 0.3) is 11.3 Å². The van der Waals surface area contributed by atoms with E-state index in [0.717, 1.165) is 0 Å². The fraction of sp³-hybridized carbons (Fsp3) is 0.400. The number of nitrogens with zero attached hydrogens (tertiary/aromatic N) is 1. The molecule has 1 aromatic heterocycles. The van der Waals surface area contributed by atoms with Crippen molar-refractivity contribution in [1.29, 1.82) is 0 Å². The van der Waals surface area contributed by atoms with E-state index in [9.17, 15) is 13.2 Å². The van der Waals surface area contributed by atoms with Crippen LogP contribution in [0.3, 0.4) is 0 Å². The Morgan fingerprint density at radius 3 is 2.15 bits per heavy atom. The van der Waals surface area contributed by atoms with E-state index in [1.807, 2.05) is 20.8 Å². The number of alkyl halides is 3. The summed E-state index contributed by atoms with van der Waals surface area (Å²) in [5.74, 6) is -0.911. The minimum atomic E-state index is -4.57. The second-order valence-corrected chi connectivity index (χ2v) is 5.89. The number of hydrogen-bond donors (Lipinski definition) is 0. The first-order valence-corrected chi connectivity index (χ1v) is 6.29. The van der Waals surface area contributed by atoms with Gasteiger partial charge >= 0.3 is 12.1 Å². The standard InChI is InChI=1S/C15H16F3NO/c1-14(2,3)9-11-12(10-7-5-4-6-8-10)19-13(20-11)15(16,17)18/h4-8H,9H2,1-3H3. The third-order valence-corrected chi connectivity index (χ3v) is 2.68. The Morgan fingerprint density at radius 2 is 1.65 bits per heavy atom. The zero-order valence-corrected chi connectivity index (χ0v) is 11.6. The number of benzene rings is 1. The molecule has 0 bridgehead atoms. The zero-order valence-electron chi connectivity index (χ0n) is 11.6. The third kappa shape index (κ3) is 3.40. The number of rotatable bonds is 2. The fourth-order valence-corrected chi connectivity index (χ4v) is 1.90. The molecule has 0 aliphatic heterocycles. The molecule has 0 radical (unpaired) electrons. The van der Waals surface area contributed by atoms with Crippen LogP contribution < -0.4 is 0 Å². The quantitative estimate of drug-likeness (QED) is 0.779. The Balaban J connectivity index is 2.51. The van der Waals surface area contributed by atoms with E-state index in [2.05, 4.69) is 4.98 Å². The van der Waals surface area contributed by atoms with Gasteiger partial charge in [-0.3, -0.25) is 0 Å². The average molecular weight is 283 g/mol. The lowest BCUT2D eigenvalue weighted by Gasteiger charge is -2.16. The van der Waals surface area contributed by atoms with E-state index in [1.54, 1.807) is 30.3 Å². The summed E-state index contributed by atoms with van der Waals surface area (Å²) >= 11 is 0. The molecule has 0 N–H and O–H groups in total. The van der Waals surface area contributed by atoms with Crippen molar-refractivity contribution in [2.75, 3.05) is 0 Å². The van der Waals surface area contributed by atoms with Crippen LogP contribution in [0, 0.1) is 5.41 Å². The maximum Gasteiger partial charge on any atom is 0.468 e. The lowest BCUT2D eigenvalue weighted by molar-refractivity contribution is -0.157.